The maximum absolute atomic E-state index is 11.8. The van der Waals surface area contributed by atoms with Crippen LogP contribution >= 0.6 is 11.8 Å². The Morgan fingerprint density at radius 3 is 2.29 bits per heavy atom. The Morgan fingerprint density at radius 1 is 1.41 bits per heavy atom. The lowest BCUT2D eigenvalue weighted by Crippen LogP contribution is -2.55. The van der Waals surface area contributed by atoms with Gasteiger partial charge in [-0.05, 0) is 18.7 Å². The van der Waals surface area contributed by atoms with Gasteiger partial charge in [0, 0.05) is 7.11 Å². The summed E-state index contributed by atoms with van der Waals surface area (Å²) in [7, 11) is 1.22. The first kappa shape index (κ1) is 16.0. The van der Waals surface area contributed by atoms with E-state index in [0.29, 0.717) is 0 Å². The molecule has 9 heteroatoms. The summed E-state index contributed by atoms with van der Waals surface area (Å²) in [6.45, 7) is 0.805. The van der Waals surface area contributed by atoms with Crippen molar-refractivity contribution in [3.8, 4) is 0 Å². The van der Waals surface area contributed by atoms with Gasteiger partial charge >= 0.3 is 11.5 Å². The number of amides is 1. The molecule has 2 N–H and O–H groups in total. The van der Waals surface area contributed by atoms with Gasteiger partial charge in [0.1, 0.15) is 0 Å². The Bertz CT molecular complexity index is 297. The molecule has 0 saturated heterocycles. The summed E-state index contributed by atoms with van der Waals surface area (Å²) in [5, 5.41) is 10.8. The maximum atomic E-state index is 11.8. The molecule has 0 rings (SSSR count). The van der Waals surface area contributed by atoms with Crippen molar-refractivity contribution in [3.05, 3.63) is 0 Å². The molecule has 100 valence electrons. The van der Waals surface area contributed by atoms with Crippen molar-refractivity contribution in [2.45, 2.75) is 18.0 Å². The highest BCUT2D eigenvalue weighted by molar-refractivity contribution is 8.00. The third-order valence-corrected chi connectivity index (χ3v) is 2.42. The summed E-state index contributed by atoms with van der Waals surface area (Å²) < 4.78 is 40.0. The van der Waals surface area contributed by atoms with E-state index in [9.17, 15) is 22.8 Å². The minimum atomic E-state index is -4.53. The standard InChI is InChI=1S/C8H12F3NO4S/c1-7(4-16-2,6(14)15)12-5(13)3-17-8(9,10)11/h3-4H2,1-2H3,(H,12,13)(H,14,15). The van der Waals surface area contributed by atoms with Crippen LogP contribution in [0, 0.1) is 0 Å². The molecule has 0 heterocycles. The predicted molar refractivity (Wildman–Crippen MR) is 54.6 cm³/mol. The number of carboxylic acids is 1. The number of rotatable bonds is 6. The van der Waals surface area contributed by atoms with Crippen molar-refractivity contribution in [3.63, 3.8) is 0 Å². The summed E-state index contributed by atoms with van der Waals surface area (Å²) in [6, 6.07) is 0. The molecule has 0 bridgehead atoms. The van der Waals surface area contributed by atoms with Crippen molar-refractivity contribution in [2.24, 2.45) is 0 Å². The average molecular weight is 275 g/mol. The Morgan fingerprint density at radius 2 is 1.94 bits per heavy atom. The molecular formula is C8H12F3NO4S. The number of ether oxygens (including phenoxy) is 1. The van der Waals surface area contributed by atoms with Gasteiger partial charge in [-0.15, -0.1) is 0 Å². The van der Waals surface area contributed by atoms with E-state index in [1.165, 1.54) is 7.11 Å². The number of hydrogen-bond donors (Lipinski definition) is 2. The largest absolute Gasteiger partial charge is 0.479 e. The van der Waals surface area contributed by atoms with E-state index in [2.05, 4.69) is 4.74 Å². The zero-order chi connectivity index (χ0) is 13.7. The summed E-state index contributed by atoms with van der Waals surface area (Å²) in [5.41, 5.74) is -6.27. The van der Waals surface area contributed by atoms with Crippen LogP contribution < -0.4 is 5.32 Å². The van der Waals surface area contributed by atoms with Crippen LogP contribution in [0.1, 0.15) is 6.92 Å². The number of aliphatic carboxylic acids is 1. The van der Waals surface area contributed by atoms with Gasteiger partial charge in [0.2, 0.25) is 5.91 Å². The number of halogens is 3. The fraction of sp³-hybridized carbons (Fsp3) is 0.750. The van der Waals surface area contributed by atoms with Crippen LogP contribution in [0.2, 0.25) is 0 Å². The molecule has 17 heavy (non-hydrogen) atoms. The van der Waals surface area contributed by atoms with Crippen molar-refractivity contribution in [1.82, 2.24) is 5.32 Å². The average Bonchev–Trinajstić information content (AvgIpc) is 2.13. The summed E-state index contributed by atoms with van der Waals surface area (Å²) >= 11 is -0.534. The molecule has 0 aromatic rings. The number of nitrogens with one attached hydrogen (secondary N) is 1. The van der Waals surface area contributed by atoms with Crippen molar-refractivity contribution in [1.29, 1.82) is 0 Å². The zero-order valence-corrected chi connectivity index (χ0v) is 9.94. The van der Waals surface area contributed by atoms with E-state index < -0.39 is 40.4 Å². The lowest BCUT2D eigenvalue weighted by atomic mass is 10.0. The molecule has 5 nitrogen and oxygen atoms in total. The number of carbonyl (C=O) groups is 2. The van der Waals surface area contributed by atoms with Crippen LogP contribution in [0.3, 0.4) is 0 Å². The van der Waals surface area contributed by atoms with Crippen molar-refractivity contribution in [2.75, 3.05) is 19.5 Å². The number of thioether (sulfide) groups is 1. The summed E-state index contributed by atoms with van der Waals surface area (Å²) in [4.78, 5) is 22.0. The van der Waals surface area contributed by atoms with Crippen LogP contribution in [0.15, 0.2) is 0 Å². The van der Waals surface area contributed by atoms with Crippen LogP contribution in [-0.2, 0) is 14.3 Å². The highest BCUT2D eigenvalue weighted by Crippen LogP contribution is 2.29. The number of hydrogen-bond acceptors (Lipinski definition) is 4. The number of carbonyl (C=O) groups excluding carboxylic acids is 1. The van der Waals surface area contributed by atoms with Gasteiger partial charge in [-0.1, -0.05) is 0 Å². The predicted octanol–water partition coefficient (Wildman–Crippen LogP) is 0.845. The van der Waals surface area contributed by atoms with E-state index in [0.717, 1.165) is 6.92 Å². The van der Waals surface area contributed by atoms with Crippen LogP contribution in [0.25, 0.3) is 0 Å². The van der Waals surface area contributed by atoms with Gasteiger partial charge in [0.25, 0.3) is 0 Å². The van der Waals surface area contributed by atoms with E-state index in [4.69, 9.17) is 5.11 Å². The summed E-state index contributed by atoms with van der Waals surface area (Å²) in [6.07, 6.45) is 0. The monoisotopic (exact) mass is 275 g/mol. The second-order valence-electron chi connectivity index (χ2n) is 3.35. The molecule has 1 unspecified atom stereocenters. The maximum Gasteiger partial charge on any atom is 0.442 e. The Balaban J connectivity index is 4.38. The van der Waals surface area contributed by atoms with E-state index in [1.54, 1.807) is 0 Å². The fourth-order valence-corrected chi connectivity index (χ4v) is 1.30. The highest BCUT2D eigenvalue weighted by Gasteiger charge is 2.36. The lowest BCUT2D eigenvalue weighted by Gasteiger charge is -2.25. The summed E-state index contributed by atoms with van der Waals surface area (Å²) in [5.74, 6) is -3.30. The fourth-order valence-electron chi connectivity index (χ4n) is 0.931. The zero-order valence-electron chi connectivity index (χ0n) is 9.13. The number of methoxy groups -OCH3 is 1. The second-order valence-corrected chi connectivity index (χ2v) is 4.39. The van der Waals surface area contributed by atoms with Crippen LogP contribution in [-0.4, -0.2) is 47.5 Å². The minimum Gasteiger partial charge on any atom is -0.479 e. The molecular weight excluding hydrogens is 263 g/mol. The molecule has 0 aliphatic rings. The van der Waals surface area contributed by atoms with Crippen molar-refractivity contribution >= 4 is 23.6 Å². The normalized spacial score (nSPS) is 15.1. The molecule has 0 saturated carbocycles. The Hall–Kier alpha value is -0.960. The highest BCUT2D eigenvalue weighted by atomic mass is 32.2. The van der Waals surface area contributed by atoms with Gasteiger partial charge in [-0.25, -0.2) is 4.79 Å². The Labute approximate surface area is 99.7 Å². The SMILES string of the molecule is COCC(C)(NC(=O)CSC(F)(F)F)C(=O)O. The van der Waals surface area contributed by atoms with E-state index in [-0.39, 0.29) is 6.61 Å². The minimum absolute atomic E-state index is 0.343. The number of alkyl halides is 3. The van der Waals surface area contributed by atoms with E-state index in [1.807, 2.05) is 5.32 Å². The molecule has 1 atom stereocenters. The number of carboxylic acid groups (broad SMARTS) is 1. The third kappa shape index (κ3) is 6.37. The van der Waals surface area contributed by atoms with Gasteiger partial charge in [-0.2, -0.15) is 13.2 Å². The molecule has 0 aliphatic heterocycles. The topological polar surface area (TPSA) is 75.6 Å². The van der Waals surface area contributed by atoms with Gasteiger partial charge in [0.15, 0.2) is 5.54 Å². The van der Waals surface area contributed by atoms with Crippen LogP contribution in [0.4, 0.5) is 13.2 Å². The van der Waals surface area contributed by atoms with Gasteiger partial charge in [-0.3, -0.25) is 4.79 Å². The molecule has 0 fully saturated rings. The third-order valence-electron chi connectivity index (χ3n) is 1.69. The smallest absolute Gasteiger partial charge is 0.442 e. The molecule has 1 amide bonds. The van der Waals surface area contributed by atoms with Crippen LogP contribution in [0.5, 0.6) is 0 Å². The Kier molecular flexibility index (Phi) is 5.76. The molecule has 0 spiro atoms. The molecule has 0 radical (unpaired) electrons. The lowest BCUT2D eigenvalue weighted by molar-refractivity contribution is -0.148. The van der Waals surface area contributed by atoms with Gasteiger partial charge in [0.05, 0.1) is 12.4 Å². The molecule has 0 aromatic heterocycles. The van der Waals surface area contributed by atoms with E-state index >= 15 is 0 Å². The first-order chi connectivity index (χ1) is 7.60. The molecule has 0 aromatic carbocycles. The first-order valence-corrected chi connectivity index (χ1v) is 5.33. The second kappa shape index (κ2) is 6.10. The molecule has 0 aliphatic carbocycles. The first-order valence-electron chi connectivity index (χ1n) is 4.35. The van der Waals surface area contributed by atoms with Crippen molar-refractivity contribution < 1.29 is 32.6 Å². The quantitative estimate of drug-likeness (QED) is 0.751. The van der Waals surface area contributed by atoms with Gasteiger partial charge < -0.3 is 15.2 Å².